The van der Waals surface area contributed by atoms with E-state index in [-0.39, 0.29) is 11.8 Å². The van der Waals surface area contributed by atoms with Crippen LogP contribution in [-0.4, -0.2) is 29.5 Å². The van der Waals surface area contributed by atoms with Crippen LogP contribution in [0, 0.1) is 0 Å². The van der Waals surface area contributed by atoms with Gasteiger partial charge < -0.3 is 10.2 Å². The molecule has 0 heterocycles. The number of anilines is 1. The van der Waals surface area contributed by atoms with Crippen molar-refractivity contribution in [3.8, 4) is 0 Å². The molecule has 29 heavy (non-hydrogen) atoms. The van der Waals surface area contributed by atoms with Gasteiger partial charge in [-0.05, 0) is 35.4 Å². The normalized spacial score (nSPS) is 10.4. The Morgan fingerprint density at radius 1 is 0.828 bits per heavy atom. The fourth-order valence-electron chi connectivity index (χ4n) is 2.79. The molecule has 0 saturated heterocycles. The van der Waals surface area contributed by atoms with Crippen molar-refractivity contribution in [2.75, 3.05) is 18.1 Å². The predicted octanol–water partition coefficient (Wildman–Crippen LogP) is 4.83. The zero-order chi connectivity index (χ0) is 20.5. The maximum Gasteiger partial charge on any atom is 0.255 e. The molecule has 0 fully saturated rings. The standard InChI is InChI=1S/C24H24N2O2S/c1-26(16-19-8-4-2-5-9-19)23(27)18-29-17-20-12-14-21(15-13-20)24(28)25-22-10-6-3-7-11-22/h2-15H,16-18H2,1H3,(H,25,28). The molecule has 2 amide bonds. The maximum absolute atomic E-state index is 12.3. The van der Waals surface area contributed by atoms with Crippen LogP contribution in [0.1, 0.15) is 21.5 Å². The van der Waals surface area contributed by atoms with Gasteiger partial charge in [0.2, 0.25) is 5.91 Å². The fraction of sp³-hybridized carbons (Fsp3) is 0.167. The van der Waals surface area contributed by atoms with Gasteiger partial charge in [-0.25, -0.2) is 0 Å². The highest BCUT2D eigenvalue weighted by Crippen LogP contribution is 2.15. The fourth-order valence-corrected chi connectivity index (χ4v) is 3.71. The Balaban J connectivity index is 1.44. The monoisotopic (exact) mass is 404 g/mol. The van der Waals surface area contributed by atoms with Crippen molar-refractivity contribution in [1.29, 1.82) is 0 Å². The summed E-state index contributed by atoms with van der Waals surface area (Å²) in [6.07, 6.45) is 0. The molecule has 148 valence electrons. The smallest absolute Gasteiger partial charge is 0.255 e. The molecule has 0 aliphatic heterocycles. The number of para-hydroxylation sites is 1. The molecule has 0 radical (unpaired) electrons. The molecule has 3 aromatic carbocycles. The minimum atomic E-state index is -0.131. The Hall–Kier alpha value is -3.05. The average molecular weight is 405 g/mol. The first-order chi connectivity index (χ1) is 14.1. The molecule has 0 spiro atoms. The van der Waals surface area contributed by atoms with Crippen molar-refractivity contribution in [1.82, 2.24) is 4.90 Å². The molecule has 0 atom stereocenters. The number of hydrogen-bond donors (Lipinski definition) is 1. The van der Waals surface area contributed by atoms with Crippen molar-refractivity contribution in [3.05, 3.63) is 102 Å². The van der Waals surface area contributed by atoms with Crippen LogP contribution in [0.25, 0.3) is 0 Å². The van der Waals surface area contributed by atoms with E-state index in [0.29, 0.717) is 17.9 Å². The van der Waals surface area contributed by atoms with Crippen LogP contribution < -0.4 is 5.32 Å². The second-order valence-corrected chi connectivity index (χ2v) is 7.73. The molecular formula is C24H24N2O2S. The SMILES string of the molecule is CN(Cc1ccccc1)C(=O)CSCc1ccc(C(=O)Nc2ccccc2)cc1. The van der Waals surface area contributed by atoms with Crippen LogP contribution in [0.15, 0.2) is 84.9 Å². The largest absolute Gasteiger partial charge is 0.341 e. The summed E-state index contributed by atoms with van der Waals surface area (Å²) in [5, 5.41) is 2.87. The second-order valence-electron chi connectivity index (χ2n) is 6.75. The van der Waals surface area contributed by atoms with Crippen molar-refractivity contribution < 1.29 is 9.59 Å². The van der Waals surface area contributed by atoms with Gasteiger partial charge in [0, 0.05) is 30.6 Å². The zero-order valence-electron chi connectivity index (χ0n) is 16.4. The van der Waals surface area contributed by atoms with E-state index < -0.39 is 0 Å². The summed E-state index contributed by atoms with van der Waals surface area (Å²) >= 11 is 1.58. The van der Waals surface area contributed by atoms with E-state index in [4.69, 9.17) is 0 Å². The van der Waals surface area contributed by atoms with E-state index in [1.54, 1.807) is 16.7 Å². The Kier molecular flexibility index (Phi) is 7.47. The van der Waals surface area contributed by atoms with Gasteiger partial charge in [-0.3, -0.25) is 9.59 Å². The van der Waals surface area contributed by atoms with E-state index in [2.05, 4.69) is 5.32 Å². The number of carbonyl (C=O) groups is 2. The van der Waals surface area contributed by atoms with Crippen LogP contribution >= 0.6 is 11.8 Å². The van der Waals surface area contributed by atoms with Crippen molar-refractivity contribution >= 4 is 29.3 Å². The molecule has 0 saturated carbocycles. The number of carbonyl (C=O) groups excluding carboxylic acids is 2. The molecular weight excluding hydrogens is 380 g/mol. The van der Waals surface area contributed by atoms with E-state index in [9.17, 15) is 9.59 Å². The molecule has 5 heteroatoms. The topological polar surface area (TPSA) is 49.4 Å². The number of nitrogens with one attached hydrogen (secondary N) is 1. The third-order valence-corrected chi connectivity index (χ3v) is 5.42. The number of nitrogens with zero attached hydrogens (tertiary/aromatic N) is 1. The molecule has 4 nitrogen and oxygen atoms in total. The highest BCUT2D eigenvalue weighted by molar-refractivity contribution is 7.99. The Morgan fingerprint density at radius 3 is 2.10 bits per heavy atom. The molecule has 1 N–H and O–H groups in total. The second kappa shape index (κ2) is 10.5. The van der Waals surface area contributed by atoms with Crippen molar-refractivity contribution in [3.63, 3.8) is 0 Å². The van der Waals surface area contributed by atoms with E-state index in [0.717, 1.165) is 22.6 Å². The minimum Gasteiger partial charge on any atom is -0.341 e. The van der Waals surface area contributed by atoms with Crippen LogP contribution in [0.4, 0.5) is 5.69 Å². The lowest BCUT2D eigenvalue weighted by Gasteiger charge is -2.17. The van der Waals surface area contributed by atoms with Gasteiger partial charge in [-0.1, -0.05) is 60.7 Å². The number of amides is 2. The summed E-state index contributed by atoms with van der Waals surface area (Å²) in [5.41, 5.74) is 3.60. The number of hydrogen-bond acceptors (Lipinski definition) is 3. The predicted molar refractivity (Wildman–Crippen MR) is 120 cm³/mol. The third-order valence-electron chi connectivity index (χ3n) is 4.43. The molecule has 3 aromatic rings. The molecule has 0 aromatic heterocycles. The van der Waals surface area contributed by atoms with Crippen LogP contribution in [0.2, 0.25) is 0 Å². The van der Waals surface area contributed by atoms with Gasteiger partial charge in [0.15, 0.2) is 0 Å². The van der Waals surface area contributed by atoms with Gasteiger partial charge in [-0.2, -0.15) is 0 Å². The summed E-state index contributed by atoms with van der Waals surface area (Å²) in [6.45, 7) is 0.617. The molecule has 3 rings (SSSR count). The van der Waals surface area contributed by atoms with Crippen molar-refractivity contribution in [2.24, 2.45) is 0 Å². The molecule has 0 unspecified atom stereocenters. The summed E-state index contributed by atoms with van der Waals surface area (Å²) < 4.78 is 0. The Morgan fingerprint density at radius 2 is 1.45 bits per heavy atom. The average Bonchev–Trinajstić information content (AvgIpc) is 2.75. The first-order valence-electron chi connectivity index (χ1n) is 9.43. The summed E-state index contributed by atoms with van der Waals surface area (Å²) in [4.78, 5) is 26.3. The van der Waals surface area contributed by atoms with Gasteiger partial charge in [0.05, 0.1) is 5.75 Å². The first-order valence-corrected chi connectivity index (χ1v) is 10.6. The lowest BCUT2D eigenvalue weighted by Crippen LogP contribution is -2.27. The summed E-state index contributed by atoms with van der Waals surface area (Å²) in [6, 6.07) is 26.9. The summed E-state index contributed by atoms with van der Waals surface area (Å²) in [7, 11) is 1.83. The number of thioether (sulfide) groups is 1. The Labute approximate surface area is 175 Å². The quantitative estimate of drug-likeness (QED) is 0.585. The van der Waals surface area contributed by atoms with Crippen LogP contribution in [-0.2, 0) is 17.1 Å². The molecule has 0 aliphatic rings. The highest BCUT2D eigenvalue weighted by Gasteiger charge is 2.10. The maximum atomic E-state index is 12.3. The summed E-state index contributed by atoms with van der Waals surface area (Å²) in [5.74, 6) is 1.14. The van der Waals surface area contributed by atoms with Crippen LogP contribution in [0.5, 0.6) is 0 Å². The van der Waals surface area contributed by atoms with Gasteiger partial charge in [0.25, 0.3) is 5.91 Å². The van der Waals surface area contributed by atoms with Crippen molar-refractivity contribution in [2.45, 2.75) is 12.3 Å². The van der Waals surface area contributed by atoms with E-state index in [1.165, 1.54) is 0 Å². The lowest BCUT2D eigenvalue weighted by atomic mass is 10.1. The number of benzene rings is 3. The van der Waals surface area contributed by atoms with E-state index in [1.807, 2.05) is 92.0 Å². The van der Waals surface area contributed by atoms with Gasteiger partial charge in [-0.15, -0.1) is 11.8 Å². The molecule has 0 aliphatic carbocycles. The third kappa shape index (κ3) is 6.50. The highest BCUT2D eigenvalue weighted by atomic mass is 32.2. The Bertz CT molecular complexity index is 928. The van der Waals surface area contributed by atoms with Gasteiger partial charge in [0.1, 0.15) is 0 Å². The van der Waals surface area contributed by atoms with E-state index >= 15 is 0 Å². The minimum absolute atomic E-state index is 0.109. The molecule has 0 bridgehead atoms. The number of rotatable bonds is 8. The lowest BCUT2D eigenvalue weighted by molar-refractivity contribution is -0.127. The van der Waals surface area contributed by atoms with Crippen LogP contribution in [0.3, 0.4) is 0 Å². The first kappa shape index (κ1) is 20.7. The zero-order valence-corrected chi connectivity index (χ0v) is 17.2. The van der Waals surface area contributed by atoms with Gasteiger partial charge >= 0.3 is 0 Å².